The second kappa shape index (κ2) is 18.6. The fourth-order valence-electron chi connectivity index (χ4n) is 6.69. The van der Waals surface area contributed by atoms with Gasteiger partial charge in [0.1, 0.15) is 34.3 Å². The molecular formula is C39H48BrN4O8P. The molecule has 3 aromatic carbocycles. The van der Waals surface area contributed by atoms with Crippen LogP contribution in [0.4, 0.5) is 4.79 Å². The van der Waals surface area contributed by atoms with Crippen molar-refractivity contribution in [2.24, 2.45) is 0 Å². The lowest BCUT2D eigenvalue weighted by molar-refractivity contribution is -0.124. The lowest BCUT2D eigenvalue weighted by Gasteiger charge is -2.39. The van der Waals surface area contributed by atoms with Crippen molar-refractivity contribution in [2.45, 2.75) is 81.5 Å². The Morgan fingerprint density at radius 1 is 0.943 bits per heavy atom. The van der Waals surface area contributed by atoms with Gasteiger partial charge in [-0.2, -0.15) is 5.26 Å². The molecule has 0 saturated carbocycles. The van der Waals surface area contributed by atoms with Crippen LogP contribution in [-0.2, 0) is 28.9 Å². The van der Waals surface area contributed by atoms with Crippen molar-refractivity contribution in [3.05, 3.63) is 95.6 Å². The Bertz CT molecular complexity index is 1640. The van der Waals surface area contributed by atoms with Crippen LogP contribution in [0.3, 0.4) is 0 Å². The maximum atomic E-state index is 13.2. The number of hydrogen-bond acceptors (Lipinski definition) is 10. The van der Waals surface area contributed by atoms with Gasteiger partial charge in [0, 0.05) is 25.0 Å². The van der Waals surface area contributed by atoms with Crippen molar-refractivity contribution in [2.75, 3.05) is 34.0 Å². The number of benzene rings is 3. The highest BCUT2D eigenvalue weighted by Crippen LogP contribution is 2.50. The van der Waals surface area contributed by atoms with Crippen molar-refractivity contribution in [3.63, 3.8) is 0 Å². The number of rotatable bonds is 17. The van der Waals surface area contributed by atoms with Crippen molar-refractivity contribution >= 4 is 36.4 Å². The number of urea groups is 1. The van der Waals surface area contributed by atoms with E-state index in [0.717, 1.165) is 16.7 Å². The molecule has 3 aromatic rings. The number of halogens is 1. The lowest BCUT2D eigenvalue weighted by atomic mass is 9.80. The number of nitriles is 1. The molecule has 3 amide bonds. The fourth-order valence-corrected chi connectivity index (χ4v) is 8.87. The Hall–Kier alpha value is -3.60. The maximum Gasteiger partial charge on any atom is 0.326 e. The average Bonchev–Trinajstić information content (AvgIpc) is 3.56. The Labute approximate surface area is 321 Å². The van der Waals surface area contributed by atoms with Crippen LogP contribution in [-0.4, -0.2) is 90.8 Å². The number of carbonyl (C=O) groups is 2. The van der Waals surface area contributed by atoms with Crippen molar-refractivity contribution in [1.29, 1.82) is 5.26 Å². The van der Waals surface area contributed by atoms with E-state index in [1.54, 1.807) is 14.2 Å². The minimum Gasteiger partial charge on any atom is -0.497 e. The number of carbonyl (C=O) groups excluding carboxylic acids is 2. The summed E-state index contributed by atoms with van der Waals surface area (Å²) in [5, 5.41) is 11.7. The largest absolute Gasteiger partial charge is 0.497 e. The van der Waals surface area contributed by atoms with Crippen molar-refractivity contribution in [3.8, 4) is 17.6 Å². The minimum atomic E-state index is -1.66. The minimum absolute atomic E-state index is 0.0466. The van der Waals surface area contributed by atoms with Crippen LogP contribution in [0.1, 0.15) is 57.2 Å². The summed E-state index contributed by atoms with van der Waals surface area (Å²) in [5.41, 5.74) is 1.46. The summed E-state index contributed by atoms with van der Waals surface area (Å²) >= 11 is 3.40. The van der Waals surface area contributed by atoms with E-state index >= 15 is 0 Å². The summed E-state index contributed by atoms with van der Waals surface area (Å²) < 4.78 is 40.3. The van der Waals surface area contributed by atoms with Gasteiger partial charge in [0.25, 0.3) is 8.53 Å². The van der Waals surface area contributed by atoms with Gasteiger partial charge in [-0.05, 0) is 68.7 Å². The van der Waals surface area contributed by atoms with E-state index in [1.807, 2.05) is 78.9 Å². The summed E-state index contributed by atoms with van der Waals surface area (Å²) in [6.07, 6.45) is -1.49. The van der Waals surface area contributed by atoms with Crippen LogP contribution < -0.4 is 14.8 Å². The highest BCUT2D eigenvalue weighted by Gasteiger charge is 2.48. The lowest BCUT2D eigenvalue weighted by Crippen LogP contribution is -2.58. The van der Waals surface area contributed by atoms with Crippen LogP contribution in [0.15, 0.2) is 78.9 Å². The SMILES string of the molecule is COc1ccc(C(OC[C@H]2O[C@@H](N3CC(Br)C(=O)NC3=O)C[C@@H]2OP(OCCC#N)N(C(C)C)C(C)C)(c2ccccc2)c2ccc(OC)cc2)cc1. The topological polar surface area (TPSA) is 132 Å². The van der Waals surface area contributed by atoms with Gasteiger partial charge in [-0.1, -0.05) is 70.5 Å². The van der Waals surface area contributed by atoms with Gasteiger partial charge in [0.05, 0.1) is 46.0 Å². The molecule has 2 heterocycles. The Balaban J connectivity index is 1.57. The van der Waals surface area contributed by atoms with Gasteiger partial charge in [0.2, 0.25) is 5.91 Å². The van der Waals surface area contributed by atoms with Crippen LogP contribution >= 0.6 is 24.5 Å². The Kier molecular flexibility index (Phi) is 14.3. The Morgan fingerprint density at radius 3 is 2.04 bits per heavy atom. The Morgan fingerprint density at radius 2 is 1.51 bits per heavy atom. The molecule has 0 aromatic heterocycles. The standard InChI is InChI=1S/C39H48BrN4O8P/c1-26(2)44(27(3)4)53(50-22-10-21-41)52-34-23-36(43-24-33(40)37(45)42-38(43)46)51-35(34)25-49-39(28-11-8-7-9-12-28,29-13-17-31(47-5)18-14-29)30-15-19-32(48-6)20-16-30/h7-9,11-20,26-27,33-36H,10,22-25H2,1-6H3,(H,42,45,46)/t33?,34-,35+,36+,53?/m0/s1. The van der Waals surface area contributed by atoms with Crippen molar-refractivity contribution < 1.29 is 37.6 Å². The number of amides is 3. The van der Waals surface area contributed by atoms with Crippen molar-refractivity contribution in [1.82, 2.24) is 14.9 Å². The van der Waals surface area contributed by atoms with Crippen LogP contribution in [0, 0.1) is 11.3 Å². The van der Waals surface area contributed by atoms with E-state index in [1.165, 1.54) is 4.90 Å². The van der Waals surface area contributed by atoms with Gasteiger partial charge in [-0.25, -0.2) is 9.46 Å². The highest BCUT2D eigenvalue weighted by atomic mass is 79.9. The molecule has 53 heavy (non-hydrogen) atoms. The number of nitrogens with zero attached hydrogens (tertiary/aromatic N) is 3. The second-order valence-corrected chi connectivity index (χ2v) is 15.8. The monoisotopic (exact) mass is 810 g/mol. The normalized spacial score (nSPS) is 21.2. The molecule has 2 saturated heterocycles. The molecule has 0 bridgehead atoms. The van der Waals surface area contributed by atoms with Crippen LogP contribution in [0.5, 0.6) is 11.5 Å². The molecule has 2 fully saturated rings. The first-order chi connectivity index (χ1) is 25.5. The van der Waals surface area contributed by atoms with E-state index in [-0.39, 0.29) is 38.3 Å². The molecule has 284 valence electrons. The van der Waals surface area contributed by atoms with E-state index in [4.69, 9.17) is 28.0 Å². The smallest absolute Gasteiger partial charge is 0.326 e. The molecule has 0 spiro atoms. The maximum absolute atomic E-state index is 13.2. The van der Waals surface area contributed by atoms with Gasteiger partial charge in [0.15, 0.2) is 0 Å². The predicted octanol–water partition coefficient (Wildman–Crippen LogP) is 7.10. The van der Waals surface area contributed by atoms with Gasteiger partial charge in [-0.15, -0.1) is 0 Å². The summed E-state index contributed by atoms with van der Waals surface area (Å²) in [6.45, 7) is 8.66. The first-order valence-electron chi connectivity index (χ1n) is 17.7. The second-order valence-electron chi connectivity index (χ2n) is 13.3. The zero-order valence-corrected chi connectivity index (χ0v) is 33.4. The van der Waals surface area contributed by atoms with E-state index in [0.29, 0.717) is 17.9 Å². The number of hydrogen-bond donors (Lipinski definition) is 1. The number of ether oxygens (including phenoxy) is 4. The third-order valence-corrected chi connectivity index (χ3v) is 12.0. The molecular weight excluding hydrogens is 763 g/mol. The van der Waals surface area contributed by atoms with Crippen LogP contribution in [0.2, 0.25) is 0 Å². The summed E-state index contributed by atoms with van der Waals surface area (Å²) in [7, 11) is 1.59. The third kappa shape index (κ3) is 9.38. The number of imide groups is 1. The molecule has 12 nitrogen and oxygen atoms in total. The first kappa shape index (κ1) is 40.6. The number of nitrogens with one attached hydrogen (secondary N) is 1. The molecule has 0 radical (unpaired) electrons. The number of methoxy groups -OCH3 is 2. The number of alkyl halides is 1. The zero-order chi connectivity index (χ0) is 38.1. The average molecular weight is 812 g/mol. The molecule has 5 atom stereocenters. The zero-order valence-electron chi connectivity index (χ0n) is 30.9. The summed E-state index contributed by atoms with van der Waals surface area (Å²) in [4.78, 5) is 26.4. The third-order valence-electron chi connectivity index (χ3n) is 9.19. The molecule has 1 N–H and O–H groups in total. The van der Waals surface area contributed by atoms with Gasteiger partial charge >= 0.3 is 6.03 Å². The highest BCUT2D eigenvalue weighted by molar-refractivity contribution is 9.10. The quantitative estimate of drug-likeness (QED) is 0.0652. The van der Waals surface area contributed by atoms with E-state index < -0.39 is 49.3 Å². The molecule has 2 unspecified atom stereocenters. The molecule has 14 heteroatoms. The first-order valence-corrected chi connectivity index (χ1v) is 19.7. The molecule has 5 rings (SSSR count). The van der Waals surface area contributed by atoms with Gasteiger partial charge in [-0.3, -0.25) is 15.0 Å². The van der Waals surface area contributed by atoms with E-state index in [9.17, 15) is 14.9 Å². The fraction of sp³-hybridized carbons (Fsp3) is 0.462. The van der Waals surface area contributed by atoms with E-state index in [2.05, 4.69) is 59.7 Å². The summed E-state index contributed by atoms with van der Waals surface area (Å²) in [5.74, 6) is 1.00. The molecule has 2 aliphatic heterocycles. The summed E-state index contributed by atoms with van der Waals surface area (Å²) in [6, 6.07) is 27.3. The molecule has 2 aliphatic rings. The predicted molar refractivity (Wildman–Crippen MR) is 205 cm³/mol. The van der Waals surface area contributed by atoms with Gasteiger partial charge < -0.3 is 28.0 Å². The molecule has 0 aliphatic carbocycles. The van der Waals surface area contributed by atoms with Crippen LogP contribution in [0.25, 0.3) is 0 Å².